The lowest BCUT2D eigenvalue weighted by Crippen LogP contribution is -2.66. The molecular weight excluding hydrogens is 288 g/mol. The molecule has 1 aromatic rings. The number of aliphatic hydroxyl groups is 1. The summed E-state index contributed by atoms with van der Waals surface area (Å²) in [6.07, 6.45) is 4.85. The molecule has 0 unspecified atom stereocenters. The van der Waals surface area contributed by atoms with E-state index in [1.807, 2.05) is 18.2 Å². The number of anilines is 1. The fourth-order valence-electron chi connectivity index (χ4n) is 5.61. The molecule has 0 amide bonds. The summed E-state index contributed by atoms with van der Waals surface area (Å²) in [7, 11) is 0. The molecule has 2 fully saturated rings. The molecule has 2 saturated heterocycles. The molecule has 3 heterocycles. The molecule has 0 radical (unpaired) electrons. The number of fused-ring (bicyclic) bond motifs is 4. The van der Waals surface area contributed by atoms with Gasteiger partial charge in [-0.25, -0.2) is 0 Å². The summed E-state index contributed by atoms with van der Waals surface area (Å²) in [5.74, 6) is 0.887. The maximum atomic E-state index is 11.9. The molecule has 4 atom stereocenters. The van der Waals surface area contributed by atoms with Crippen LogP contribution in [0.3, 0.4) is 0 Å². The zero-order chi connectivity index (χ0) is 15.8. The van der Waals surface area contributed by atoms with E-state index in [9.17, 15) is 9.90 Å². The summed E-state index contributed by atoms with van der Waals surface area (Å²) in [5, 5.41) is 15.4. The SMILES string of the molecule is CC(=O)C1=C[C@H]2C[C@@H](C1)CN1CC[C@]3(O)c4ccccc4N[C@]213. The highest BCUT2D eigenvalue weighted by Gasteiger charge is 2.68. The number of hydrogen-bond acceptors (Lipinski definition) is 4. The molecule has 2 bridgehead atoms. The average Bonchev–Trinajstić information content (AvgIpc) is 2.96. The Morgan fingerprint density at radius 3 is 3.04 bits per heavy atom. The number of nitrogens with zero attached hydrogens (tertiary/aromatic N) is 1. The normalized spacial score (nSPS) is 40.7. The summed E-state index contributed by atoms with van der Waals surface area (Å²) in [4.78, 5) is 14.4. The fraction of sp³-hybridized carbons (Fsp3) is 0.526. The van der Waals surface area contributed by atoms with Crippen LogP contribution in [0.15, 0.2) is 35.9 Å². The molecule has 3 aliphatic heterocycles. The number of carbonyl (C=O) groups excluding carboxylic acids is 1. The van der Waals surface area contributed by atoms with E-state index >= 15 is 0 Å². The monoisotopic (exact) mass is 310 g/mol. The number of piperidine rings is 1. The molecule has 0 saturated carbocycles. The summed E-state index contributed by atoms with van der Waals surface area (Å²) < 4.78 is 0. The van der Waals surface area contributed by atoms with E-state index in [0.29, 0.717) is 5.92 Å². The van der Waals surface area contributed by atoms with Crippen LogP contribution in [-0.4, -0.2) is 34.5 Å². The highest BCUT2D eigenvalue weighted by molar-refractivity contribution is 5.93. The number of benzene rings is 1. The fourth-order valence-corrected chi connectivity index (χ4v) is 5.61. The van der Waals surface area contributed by atoms with Gasteiger partial charge in [0.05, 0.1) is 0 Å². The van der Waals surface area contributed by atoms with Crippen LogP contribution in [0.4, 0.5) is 5.69 Å². The molecular formula is C19H22N2O2. The van der Waals surface area contributed by atoms with E-state index in [1.54, 1.807) is 6.92 Å². The first-order valence-corrected chi connectivity index (χ1v) is 8.61. The third kappa shape index (κ3) is 1.51. The number of rotatable bonds is 1. The van der Waals surface area contributed by atoms with Gasteiger partial charge in [0, 0.05) is 30.3 Å². The van der Waals surface area contributed by atoms with Crippen molar-refractivity contribution in [2.24, 2.45) is 11.8 Å². The van der Waals surface area contributed by atoms with Crippen molar-refractivity contribution < 1.29 is 9.90 Å². The van der Waals surface area contributed by atoms with Gasteiger partial charge in [-0.2, -0.15) is 0 Å². The zero-order valence-electron chi connectivity index (χ0n) is 13.4. The Kier molecular flexibility index (Phi) is 2.54. The van der Waals surface area contributed by atoms with Crippen molar-refractivity contribution in [1.29, 1.82) is 0 Å². The molecule has 1 spiro atoms. The number of allylic oxidation sites excluding steroid dienone is 1. The van der Waals surface area contributed by atoms with Gasteiger partial charge in [0.1, 0.15) is 11.3 Å². The minimum atomic E-state index is -0.866. The van der Waals surface area contributed by atoms with Crippen molar-refractivity contribution in [3.8, 4) is 0 Å². The number of nitrogens with one attached hydrogen (secondary N) is 1. The Morgan fingerprint density at radius 1 is 1.39 bits per heavy atom. The van der Waals surface area contributed by atoms with Gasteiger partial charge in [-0.1, -0.05) is 24.3 Å². The third-order valence-electron chi connectivity index (χ3n) is 6.54. The van der Waals surface area contributed by atoms with Gasteiger partial charge in [0.15, 0.2) is 5.78 Å². The Bertz CT molecular complexity index is 743. The molecule has 2 N–H and O–H groups in total. The topological polar surface area (TPSA) is 52.6 Å². The van der Waals surface area contributed by atoms with E-state index in [1.165, 1.54) is 0 Å². The third-order valence-corrected chi connectivity index (χ3v) is 6.54. The van der Waals surface area contributed by atoms with Gasteiger partial charge in [-0.15, -0.1) is 0 Å². The van der Waals surface area contributed by atoms with E-state index in [-0.39, 0.29) is 11.7 Å². The predicted octanol–water partition coefficient (Wildman–Crippen LogP) is 2.26. The minimum absolute atomic E-state index is 0.175. The van der Waals surface area contributed by atoms with Crippen LogP contribution in [0.5, 0.6) is 0 Å². The summed E-state index contributed by atoms with van der Waals surface area (Å²) >= 11 is 0. The van der Waals surface area contributed by atoms with E-state index in [4.69, 9.17) is 0 Å². The Labute approximate surface area is 136 Å². The highest BCUT2D eigenvalue weighted by atomic mass is 16.3. The Hall–Kier alpha value is -1.65. The molecule has 120 valence electrons. The number of ketones is 1. The van der Waals surface area contributed by atoms with Gasteiger partial charge in [0.2, 0.25) is 0 Å². The second-order valence-electron chi connectivity index (χ2n) is 7.65. The standard InChI is InChI=1S/C19H22N2O2/c1-12(22)14-8-13-9-15(10-14)19-18(23,6-7-21(19)11-13)16-4-2-3-5-17(16)20-19/h2-5,10,13,15,20,23H,6-9,11H2,1H3/t13-,15-,18+,19-/m1/s1. The van der Waals surface area contributed by atoms with Crippen LogP contribution < -0.4 is 5.32 Å². The van der Waals surface area contributed by atoms with Crippen LogP contribution in [0.1, 0.15) is 31.7 Å². The zero-order valence-corrected chi connectivity index (χ0v) is 13.4. The van der Waals surface area contributed by atoms with Gasteiger partial charge in [-0.3, -0.25) is 9.69 Å². The van der Waals surface area contributed by atoms with Crippen LogP contribution in [-0.2, 0) is 10.4 Å². The molecule has 0 aromatic heterocycles. The van der Waals surface area contributed by atoms with E-state index in [2.05, 4.69) is 22.4 Å². The molecule has 1 aromatic carbocycles. The van der Waals surface area contributed by atoms with Crippen LogP contribution in [0.25, 0.3) is 0 Å². The lowest BCUT2D eigenvalue weighted by atomic mass is 9.67. The lowest BCUT2D eigenvalue weighted by Gasteiger charge is -2.54. The predicted molar refractivity (Wildman–Crippen MR) is 87.9 cm³/mol. The number of hydrogen-bond donors (Lipinski definition) is 2. The lowest BCUT2D eigenvalue weighted by molar-refractivity contribution is -0.115. The van der Waals surface area contributed by atoms with Crippen molar-refractivity contribution in [1.82, 2.24) is 4.90 Å². The second kappa shape index (κ2) is 4.25. The summed E-state index contributed by atoms with van der Waals surface area (Å²) in [5.41, 5.74) is 1.67. The van der Waals surface area contributed by atoms with Crippen molar-refractivity contribution in [2.75, 3.05) is 18.4 Å². The van der Waals surface area contributed by atoms with Crippen molar-refractivity contribution in [3.05, 3.63) is 41.5 Å². The molecule has 1 aliphatic carbocycles. The molecule has 4 nitrogen and oxygen atoms in total. The summed E-state index contributed by atoms with van der Waals surface area (Å²) in [6.45, 7) is 3.54. The molecule has 4 heteroatoms. The first-order valence-electron chi connectivity index (χ1n) is 8.61. The number of para-hydroxylation sites is 1. The Morgan fingerprint density at radius 2 is 2.22 bits per heavy atom. The smallest absolute Gasteiger partial charge is 0.155 e. The quantitative estimate of drug-likeness (QED) is 0.835. The van der Waals surface area contributed by atoms with Gasteiger partial charge >= 0.3 is 0 Å². The van der Waals surface area contributed by atoms with Gasteiger partial charge in [0.25, 0.3) is 0 Å². The summed E-state index contributed by atoms with van der Waals surface area (Å²) in [6, 6.07) is 8.12. The van der Waals surface area contributed by atoms with Crippen LogP contribution in [0, 0.1) is 11.8 Å². The molecule has 4 aliphatic rings. The first kappa shape index (κ1) is 13.8. The minimum Gasteiger partial charge on any atom is -0.381 e. The van der Waals surface area contributed by atoms with Crippen LogP contribution >= 0.6 is 0 Å². The van der Waals surface area contributed by atoms with Crippen molar-refractivity contribution in [2.45, 2.75) is 37.5 Å². The van der Waals surface area contributed by atoms with Crippen LogP contribution in [0.2, 0.25) is 0 Å². The maximum Gasteiger partial charge on any atom is 0.155 e. The van der Waals surface area contributed by atoms with Gasteiger partial charge < -0.3 is 10.4 Å². The number of carbonyl (C=O) groups is 1. The molecule has 23 heavy (non-hydrogen) atoms. The second-order valence-corrected chi connectivity index (χ2v) is 7.65. The average molecular weight is 310 g/mol. The van der Waals surface area contributed by atoms with Crippen molar-refractivity contribution >= 4 is 11.5 Å². The highest BCUT2D eigenvalue weighted by Crippen LogP contribution is 2.61. The molecule has 5 rings (SSSR count). The maximum absolute atomic E-state index is 11.9. The van der Waals surface area contributed by atoms with Crippen molar-refractivity contribution in [3.63, 3.8) is 0 Å². The number of Topliss-reactive ketones (excluding diaryl/α,β-unsaturated/α-hetero) is 1. The van der Waals surface area contributed by atoms with E-state index in [0.717, 1.165) is 49.2 Å². The Balaban J connectivity index is 1.69. The van der Waals surface area contributed by atoms with E-state index < -0.39 is 11.3 Å². The largest absolute Gasteiger partial charge is 0.381 e. The first-order chi connectivity index (χ1) is 11.0. The van der Waals surface area contributed by atoms with Gasteiger partial charge in [-0.05, 0) is 43.7 Å².